The van der Waals surface area contributed by atoms with E-state index in [9.17, 15) is 0 Å². The van der Waals surface area contributed by atoms with Gasteiger partial charge in [-0.25, -0.2) is 0 Å². The van der Waals surface area contributed by atoms with E-state index in [2.05, 4.69) is 16.8 Å². The number of hydrogen-bond donors (Lipinski definition) is 0. The molecule has 0 aliphatic rings. The maximum atomic E-state index is 6.04. The van der Waals surface area contributed by atoms with Crippen LogP contribution in [0.15, 0.2) is 72.4 Å². The van der Waals surface area contributed by atoms with E-state index in [1.807, 2.05) is 65.2 Å². The highest BCUT2D eigenvalue weighted by molar-refractivity contribution is 7.98. The lowest BCUT2D eigenvalue weighted by Crippen LogP contribution is -2.07. The van der Waals surface area contributed by atoms with Crippen LogP contribution in [0.4, 0.5) is 0 Å². The SMILES string of the molecule is C=CCn1c(COc2ccccc2)nnc1SCc1cccc(Cl)c1. The molecule has 0 amide bonds. The van der Waals surface area contributed by atoms with Crippen LogP contribution in [0, 0.1) is 0 Å². The third-order valence-electron chi connectivity index (χ3n) is 3.47. The van der Waals surface area contributed by atoms with E-state index in [0.29, 0.717) is 13.2 Å². The fourth-order valence-corrected chi connectivity index (χ4v) is 3.41. The van der Waals surface area contributed by atoms with Crippen LogP contribution in [0.25, 0.3) is 0 Å². The average molecular weight is 372 g/mol. The van der Waals surface area contributed by atoms with Gasteiger partial charge in [0, 0.05) is 17.3 Å². The Morgan fingerprint density at radius 2 is 1.96 bits per heavy atom. The van der Waals surface area contributed by atoms with Crippen molar-refractivity contribution in [3.8, 4) is 5.75 Å². The first-order valence-corrected chi connectivity index (χ1v) is 9.20. The van der Waals surface area contributed by atoms with Gasteiger partial charge < -0.3 is 4.74 Å². The fourth-order valence-electron chi connectivity index (χ4n) is 2.28. The third kappa shape index (κ3) is 4.87. The van der Waals surface area contributed by atoms with Gasteiger partial charge in [-0.05, 0) is 29.8 Å². The lowest BCUT2D eigenvalue weighted by Gasteiger charge is -2.09. The van der Waals surface area contributed by atoms with Crippen molar-refractivity contribution < 1.29 is 4.74 Å². The number of benzene rings is 2. The van der Waals surface area contributed by atoms with E-state index >= 15 is 0 Å². The number of ether oxygens (including phenoxy) is 1. The molecule has 6 heteroatoms. The zero-order valence-corrected chi connectivity index (χ0v) is 15.2. The summed E-state index contributed by atoms with van der Waals surface area (Å²) in [6, 6.07) is 17.5. The Labute approximate surface area is 156 Å². The largest absolute Gasteiger partial charge is 0.486 e. The first-order valence-electron chi connectivity index (χ1n) is 7.84. The molecule has 3 aromatic rings. The summed E-state index contributed by atoms with van der Waals surface area (Å²) in [6.07, 6.45) is 1.83. The van der Waals surface area contributed by atoms with Crippen molar-refractivity contribution in [3.05, 3.63) is 83.7 Å². The van der Waals surface area contributed by atoms with Gasteiger partial charge in [0.2, 0.25) is 0 Å². The number of hydrogen-bond acceptors (Lipinski definition) is 4. The first-order chi connectivity index (χ1) is 12.3. The summed E-state index contributed by atoms with van der Waals surface area (Å²) in [5.41, 5.74) is 1.15. The minimum Gasteiger partial charge on any atom is -0.486 e. The van der Waals surface area contributed by atoms with E-state index < -0.39 is 0 Å². The molecule has 2 aromatic carbocycles. The normalized spacial score (nSPS) is 10.6. The Kier molecular flexibility index (Phi) is 6.14. The fraction of sp³-hybridized carbons (Fsp3) is 0.158. The molecule has 4 nitrogen and oxygen atoms in total. The van der Waals surface area contributed by atoms with Gasteiger partial charge in [0.05, 0.1) is 0 Å². The molecule has 0 aliphatic heterocycles. The van der Waals surface area contributed by atoms with Gasteiger partial charge in [-0.15, -0.1) is 16.8 Å². The highest BCUT2D eigenvalue weighted by Crippen LogP contribution is 2.24. The molecule has 0 spiro atoms. The molecule has 25 heavy (non-hydrogen) atoms. The number of halogens is 1. The smallest absolute Gasteiger partial charge is 0.191 e. The van der Waals surface area contributed by atoms with Crippen molar-refractivity contribution in [1.82, 2.24) is 14.8 Å². The van der Waals surface area contributed by atoms with Gasteiger partial charge >= 0.3 is 0 Å². The molecule has 0 saturated heterocycles. The highest BCUT2D eigenvalue weighted by Gasteiger charge is 2.12. The Hall–Kier alpha value is -2.24. The van der Waals surface area contributed by atoms with Crippen LogP contribution in [0.5, 0.6) is 5.75 Å². The average Bonchev–Trinajstić information content (AvgIpc) is 3.01. The molecule has 1 heterocycles. The van der Waals surface area contributed by atoms with Gasteiger partial charge in [0.1, 0.15) is 12.4 Å². The summed E-state index contributed by atoms with van der Waals surface area (Å²) in [5.74, 6) is 2.36. The summed E-state index contributed by atoms with van der Waals surface area (Å²) < 4.78 is 7.81. The van der Waals surface area contributed by atoms with Gasteiger partial charge in [-0.1, -0.05) is 59.8 Å². The number of para-hydroxylation sites is 1. The standard InChI is InChI=1S/C19H18ClN3OS/c1-2-11-23-18(13-24-17-9-4-3-5-10-17)21-22-19(23)25-14-15-7-6-8-16(20)12-15/h2-10,12H,1,11,13-14H2. The molecule has 0 saturated carbocycles. The molecule has 0 bridgehead atoms. The van der Waals surface area contributed by atoms with Crippen LogP contribution < -0.4 is 4.74 Å². The number of allylic oxidation sites excluding steroid dienone is 1. The Bertz CT molecular complexity index is 836. The highest BCUT2D eigenvalue weighted by atomic mass is 35.5. The molecule has 0 aliphatic carbocycles. The zero-order valence-electron chi connectivity index (χ0n) is 13.6. The van der Waals surface area contributed by atoms with E-state index in [1.54, 1.807) is 11.8 Å². The van der Waals surface area contributed by atoms with Crippen LogP contribution in [0.3, 0.4) is 0 Å². The van der Waals surface area contributed by atoms with Crippen molar-refractivity contribution in [3.63, 3.8) is 0 Å². The minimum atomic E-state index is 0.364. The second kappa shape index (κ2) is 8.74. The predicted octanol–water partition coefficient (Wildman–Crippen LogP) is 4.99. The molecule has 1 aromatic heterocycles. The maximum Gasteiger partial charge on any atom is 0.191 e. The lowest BCUT2D eigenvalue weighted by atomic mass is 10.2. The first kappa shape index (κ1) is 17.6. The molecular formula is C19H18ClN3OS. The van der Waals surface area contributed by atoms with Gasteiger partial charge in [-0.2, -0.15) is 0 Å². The zero-order chi connectivity index (χ0) is 17.5. The van der Waals surface area contributed by atoms with E-state index in [-0.39, 0.29) is 0 Å². The monoisotopic (exact) mass is 371 g/mol. The summed E-state index contributed by atoms with van der Waals surface area (Å²) >= 11 is 7.66. The van der Waals surface area contributed by atoms with Crippen LogP contribution in [-0.4, -0.2) is 14.8 Å². The van der Waals surface area contributed by atoms with Crippen LogP contribution in [-0.2, 0) is 18.9 Å². The Morgan fingerprint density at radius 3 is 2.72 bits per heavy atom. The summed E-state index contributed by atoms with van der Waals surface area (Å²) in [5, 5.41) is 10.2. The minimum absolute atomic E-state index is 0.364. The Balaban J connectivity index is 1.69. The van der Waals surface area contributed by atoms with E-state index in [0.717, 1.165) is 33.1 Å². The van der Waals surface area contributed by atoms with Gasteiger partial charge in [-0.3, -0.25) is 4.57 Å². The quantitative estimate of drug-likeness (QED) is 0.413. The molecule has 0 radical (unpaired) electrons. The maximum absolute atomic E-state index is 6.04. The third-order valence-corrected chi connectivity index (χ3v) is 4.75. The van der Waals surface area contributed by atoms with Crippen molar-refractivity contribution in [1.29, 1.82) is 0 Å². The number of rotatable bonds is 8. The number of thioether (sulfide) groups is 1. The summed E-state index contributed by atoms with van der Waals surface area (Å²) in [7, 11) is 0. The summed E-state index contributed by atoms with van der Waals surface area (Å²) in [6.45, 7) is 4.82. The van der Waals surface area contributed by atoms with Gasteiger partial charge in [0.15, 0.2) is 11.0 Å². The lowest BCUT2D eigenvalue weighted by molar-refractivity contribution is 0.289. The second-order valence-electron chi connectivity index (χ2n) is 5.32. The summed E-state index contributed by atoms with van der Waals surface area (Å²) in [4.78, 5) is 0. The van der Waals surface area contributed by atoms with E-state index in [1.165, 1.54) is 0 Å². The molecule has 0 unspecified atom stereocenters. The van der Waals surface area contributed by atoms with Gasteiger partial charge in [0.25, 0.3) is 0 Å². The second-order valence-corrected chi connectivity index (χ2v) is 6.70. The molecule has 0 N–H and O–H groups in total. The number of nitrogens with zero attached hydrogens (tertiary/aromatic N) is 3. The topological polar surface area (TPSA) is 39.9 Å². The van der Waals surface area contributed by atoms with Crippen molar-refractivity contribution >= 4 is 23.4 Å². The molecule has 0 atom stereocenters. The molecule has 0 fully saturated rings. The van der Waals surface area contributed by atoms with Crippen molar-refractivity contribution in [2.24, 2.45) is 0 Å². The van der Waals surface area contributed by atoms with Crippen molar-refractivity contribution in [2.45, 2.75) is 24.1 Å². The molecule has 128 valence electrons. The van der Waals surface area contributed by atoms with Crippen LogP contribution >= 0.6 is 23.4 Å². The number of aromatic nitrogens is 3. The van der Waals surface area contributed by atoms with Crippen molar-refractivity contribution in [2.75, 3.05) is 0 Å². The predicted molar refractivity (Wildman–Crippen MR) is 102 cm³/mol. The Morgan fingerprint density at radius 1 is 1.12 bits per heavy atom. The van der Waals surface area contributed by atoms with Crippen LogP contribution in [0.2, 0.25) is 5.02 Å². The van der Waals surface area contributed by atoms with E-state index in [4.69, 9.17) is 16.3 Å². The molecule has 3 rings (SSSR count). The molecular weight excluding hydrogens is 354 g/mol. The van der Waals surface area contributed by atoms with Crippen LogP contribution in [0.1, 0.15) is 11.4 Å².